The smallest absolute Gasteiger partial charge is 0.330 e. The van der Waals surface area contributed by atoms with Crippen LogP contribution >= 0.6 is 0 Å². The van der Waals surface area contributed by atoms with Crippen molar-refractivity contribution in [3.63, 3.8) is 0 Å². The van der Waals surface area contributed by atoms with Crippen LogP contribution in [0.4, 0.5) is 0 Å². The highest BCUT2D eigenvalue weighted by Crippen LogP contribution is 2.14. The summed E-state index contributed by atoms with van der Waals surface area (Å²) in [6, 6.07) is -0.0611. The molecule has 0 unspecified atom stereocenters. The SMILES string of the molecule is CC(C)n1c(=O)n(C)c(=O)c2c1nc(CCCN)n2C. The maximum Gasteiger partial charge on any atom is 0.332 e. The third-order valence-corrected chi connectivity index (χ3v) is 3.52. The zero-order valence-electron chi connectivity index (χ0n) is 12.4. The van der Waals surface area contributed by atoms with Gasteiger partial charge in [-0.05, 0) is 26.8 Å². The third-order valence-electron chi connectivity index (χ3n) is 3.52. The molecule has 2 heterocycles. The molecule has 2 N–H and O–H groups in total. The molecule has 0 spiro atoms. The highest BCUT2D eigenvalue weighted by molar-refractivity contribution is 5.71. The number of nitrogens with zero attached hydrogens (tertiary/aromatic N) is 4. The van der Waals surface area contributed by atoms with E-state index in [1.54, 1.807) is 16.2 Å². The van der Waals surface area contributed by atoms with Gasteiger partial charge in [-0.3, -0.25) is 13.9 Å². The van der Waals surface area contributed by atoms with E-state index in [1.807, 2.05) is 13.8 Å². The molecular weight excluding hydrogens is 258 g/mol. The van der Waals surface area contributed by atoms with Gasteiger partial charge in [-0.25, -0.2) is 9.78 Å². The Bertz CT molecular complexity index is 751. The van der Waals surface area contributed by atoms with Crippen molar-refractivity contribution in [1.29, 1.82) is 0 Å². The van der Waals surface area contributed by atoms with E-state index in [0.717, 1.165) is 16.8 Å². The van der Waals surface area contributed by atoms with Crippen LogP contribution in [-0.2, 0) is 20.5 Å². The van der Waals surface area contributed by atoms with E-state index < -0.39 is 0 Å². The largest absolute Gasteiger partial charge is 0.332 e. The predicted octanol–water partition coefficient (Wildman–Crippen LogP) is -0.0941. The monoisotopic (exact) mass is 279 g/mol. The lowest BCUT2D eigenvalue weighted by atomic mass is 10.3. The Morgan fingerprint density at radius 2 is 1.85 bits per heavy atom. The average molecular weight is 279 g/mol. The first-order chi connectivity index (χ1) is 9.40. The Morgan fingerprint density at radius 1 is 1.20 bits per heavy atom. The van der Waals surface area contributed by atoms with Crippen LogP contribution in [0.15, 0.2) is 9.59 Å². The molecule has 110 valence electrons. The number of hydrogen-bond acceptors (Lipinski definition) is 4. The first kappa shape index (κ1) is 14.5. The van der Waals surface area contributed by atoms with E-state index in [-0.39, 0.29) is 17.3 Å². The molecule has 20 heavy (non-hydrogen) atoms. The van der Waals surface area contributed by atoms with Crippen molar-refractivity contribution in [2.45, 2.75) is 32.7 Å². The number of aromatic nitrogens is 4. The van der Waals surface area contributed by atoms with Gasteiger partial charge in [0.1, 0.15) is 5.82 Å². The number of hydrogen-bond donors (Lipinski definition) is 1. The Kier molecular flexibility index (Phi) is 3.80. The Hall–Kier alpha value is -1.89. The first-order valence-corrected chi connectivity index (χ1v) is 6.77. The van der Waals surface area contributed by atoms with Gasteiger partial charge in [-0.15, -0.1) is 0 Å². The molecule has 0 fully saturated rings. The van der Waals surface area contributed by atoms with Gasteiger partial charge in [0, 0.05) is 26.6 Å². The maximum atomic E-state index is 12.3. The summed E-state index contributed by atoms with van der Waals surface area (Å²) < 4.78 is 4.46. The van der Waals surface area contributed by atoms with Gasteiger partial charge in [-0.2, -0.15) is 0 Å². The summed E-state index contributed by atoms with van der Waals surface area (Å²) in [5, 5.41) is 0. The normalized spacial score (nSPS) is 11.7. The quantitative estimate of drug-likeness (QED) is 0.847. The van der Waals surface area contributed by atoms with E-state index >= 15 is 0 Å². The lowest BCUT2D eigenvalue weighted by Crippen LogP contribution is -2.39. The molecule has 2 aromatic heterocycles. The molecule has 0 aliphatic heterocycles. The van der Waals surface area contributed by atoms with Gasteiger partial charge in [0.25, 0.3) is 5.56 Å². The van der Waals surface area contributed by atoms with E-state index in [0.29, 0.717) is 24.1 Å². The third kappa shape index (κ3) is 2.07. The second-order valence-electron chi connectivity index (χ2n) is 5.26. The molecular formula is C13H21N5O2. The van der Waals surface area contributed by atoms with Crippen LogP contribution in [0.25, 0.3) is 11.2 Å². The Balaban J connectivity index is 2.86. The molecule has 0 saturated carbocycles. The van der Waals surface area contributed by atoms with E-state index in [2.05, 4.69) is 4.98 Å². The summed E-state index contributed by atoms with van der Waals surface area (Å²) in [5.41, 5.74) is 5.80. The van der Waals surface area contributed by atoms with Crippen LogP contribution in [0.2, 0.25) is 0 Å². The molecule has 0 radical (unpaired) electrons. The van der Waals surface area contributed by atoms with Crippen molar-refractivity contribution < 1.29 is 0 Å². The van der Waals surface area contributed by atoms with Gasteiger partial charge < -0.3 is 10.3 Å². The van der Waals surface area contributed by atoms with Crippen LogP contribution in [0, 0.1) is 0 Å². The van der Waals surface area contributed by atoms with Gasteiger partial charge in [-0.1, -0.05) is 0 Å². The molecule has 7 heteroatoms. The minimum absolute atomic E-state index is 0.0611. The van der Waals surface area contributed by atoms with Crippen molar-refractivity contribution in [2.24, 2.45) is 19.8 Å². The Morgan fingerprint density at radius 3 is 2.40 bits per heavy atom. The van der Waals surface area contributed by atoms with Crippen LogP contribution in [0.5, 0.6) is 0 Å². The molecule has 0 amide bonds. The van der Waals surface area contributed by atoms with E-state index in [9.17, 15) is 9.59 Å². The van der Waals surface area contributed by atoms with Crippen molar-refractivity contribution in [3.05, 3.63) is 26.7 Å². The predicted molar refractivity (Wildman–Crippen MR) is 78.0 cm³/mol. The van der Waals surface area contributed by atoms with Gasteiger partial charge >= 0.3 is 5.69 Å². The zero-order valence-corrected chi connectivity index (χ0v) is 12.4. The maximum absolute atomic E-state index is 12.3. The number of rotatable bonds is 4. The number of imidazole rings is 1. The summed E-state index contributed by atoms with van der Waals surface area (Å²) in [6.07, 6.45) is 1.49. The fourth-order valence-corrected chi connectivity index (χ4v) is 2.38. The summed E-state index contributed by atoms with van der Waals surface area (Å²) in [7, 11) is 3.30. The minimum atomic E-state index is -0.332. The summed E-state index contributed by atoms with van der Waals surface area (Å²) in [5.74, 6) is 0.780. The Labute approximate surface area is 116 Å². The topological polar surface area (TPSA) is 87.8 Å². The minimum Gasteiger partial charge on any atom is -0.330 e. The lowest BCUT2D eigenvalue weighted by molar-refractivity contribution is 0.551. The number of nitrogens with two attached hydrogens (primary N) is 1. The van der Waals surface area contributed by atoms with Crippen LogP contribution in [-0.4, -0.2) is 25.2 Å². The van der Waals surface area contributed by atoms with Crippen LogP contribution in [0.3, 0.4) is 0 Å². The number of aryl methyl sites for hydroxylation is 2. The fraction of sp³-hybridized carbons (Fsp3) is 0.615. The highest BCUT2D eigenvalue weighted by Gasteiger charge is 2.19. The van der Waals surface area contributed by atoms with Crippen molar-refractivity contribution >= 4 is 11.2 Å². The van der Waals surface area contributed by atoms with E-state index in [1.165, 1.54) is 7.05 Å². The van der Waals surface area contributed by atoms with Crippen LogP contribution < -0.4 is 17.0 Å². The summed E-state index contributed by atoms with van der Waals surface area (Å²) in [6.45, 7) is 4.37. The molecule has 0 aromatic carbocycles. The van der Waals surface area contributed by atoms with Crippen molar-refractivity contribution in [2.75, 3.05) is 6.54 Å². The molecule has 0 bridgehead atoms. The zero-order chi connectivity index (χ0) is 15.0. The molecule has 0 atom stereocenters. The fourth-order valence-electron chi connectivity index (χ4n) is 2.38. The van der Waals surface area contributed by atoms with Crippen LogP contribution in [0.1, 0.15) is 32.1 Å². The molecule has 2 rings (SSSR count). The summed E-state index contributed by atoms with van der Waals surface area (Å²) >= 11 is 0. The highest BCUT2D eigenvalue weighted by atomic mass is 16.2. The van der Waals surface area contributed by atoms with Gasteiger partial charge in [0.05, 0.1) is 0 Å². The summed E-state index contributed by atoms with van der Waals surface area (Å²) in [4.78, 5) is 29.0. The standard InChI is InChI=1S/C13H21N5O2/c1-8(2)18-11-10(12(19)17(4)13(18)20)16(3)9(15-11)6-5-7-14/h8H,5-7,14H2,1-4H3. The second kappa shape index (κ2) is 5.24. The van der Waals surface area contributed by atoms with Crippen molar-refractivity contribution in [1.82, 2.24) is 18.7 Å². The molecule has 2 aromatic rings. The number of fused-ring (bicyclic) bond motifs is 1. The average Bonchev–Trinajstić information content (AvgIpc) is 2.70. The molecule has 0 saturated heterocycles. The van der Waals surface area contributed by atoms with Gasteiger partial charge in [0.15, 0.2) is 11.2 Å². The second-order valence-corrected chi connectivity index (χ2v) is 5.26. The molecule has 7 nitrogen and oxygen atoms in total. The van der Waals surface area contributed by atoms with Gasteiger partial charge in [0.2, 0.25) is 0 Å². The molecule has 0 aliphatic rings. The molecule has 0 aliphatic carbocycles. The lowest BCUT2D eigenvalue weighted by Gasteiger charge is -2.11. The first-order valence-electron chi connectivity index (χ1n) is 6.77. The van der Waals surface area contributed by atoms with Crippen molar-refractivity contribution in [3.8, 4) is 0 Å². The van der Waals surface area contributed by atoms with E-state index in [4.69, 9.17) is 5.73 Å².